The predicted molar refractivity (Wildman–Crippen MR) is 285 cm³/mol. The normalized spacial score (nSPS) is 15.9. The number of esters is 1. The molecule has 0 spiro atoms. The van der Waals surface area contributed by atoms with Crippen molar-refractivity contribution in [2.45, 2.75) is 155 Å². The second-order valence-corrected chi connectivity index (χ2v) is 22.9. The van der Waals surface area contributed by atoms with Gasteiger partial charge in [0.1, 0.15) is 16.8 Å². The molecular formula is C55H73FN8O10. The van der Waals surface area contributed by atoms with E-state index in [9.17, 15) is 39.0 Å². The fraction of sp³-hybridized carbons (Fsp3) is 0.509. The molecule has 0 atom stereocenters. The number of likely N-dealkylation sites (N-methyl/N-ethyl adjacent to an activating group) is 2. The number of amides is 2. The third-order valence-electron chi connectivity index (χ3n) is 13.5. The number of hydrogen-bond acceptors (Lipinski definition) is 11. The van der Waals surface area contributed by atoms with Crippen molar-refractivity contribution in [3.8, 4) is 0 Å². The van der Waals surface area contributed by atoms with Crippen LogP contribution >= 0.6 is 0 Å². The zero-order chi connectivity index (χ0) is 55.5. The summed E-state index contributed by atoms with van der Waals surface area (Å²) in [6, 6.07) is 21.5. The van der Waals surface area contributed by atoms with Crippen LogP contribution < -0.4 is 5.73 Å². The van der Waals surface area contributed by atoms with Gasteiger partial charge >= 0.3 is 18.2 Å². The standard InChI is InChI=1S/C18H23N3O4.C18H25N3O2.C18H22N2O4.CH3F/c1-17(2,3)25-16(22)19(4)18(8-9-18)12-20-10-7-13-11-14(21(23)24)5-6-15(13)20;1-17(2,3)23-16(22)20(4)18(8-9-18)12-21-10-7-13-11-14(19)5-6-15(13)21;1-17(2,3)24-16(21)11-18(7-8-18)12-19-9-6-13-10-14(20(22)23)4-5-15(13)19;1-2/h5-7,10-11H,8-9,12H2,1-4H3;5-7,10-11H,8-9,12,19H2,1-4H3;4-6,9-10H,7-8,11-12H2,1-3H3;1H3/i;;;1D. The van der Waals surface area contributed by atoms with E-state index < -0.39 is 28.9 Å². The number of benzene rings is 3. The second kappa shape index (κ2) is 21.3. The summed E-state index contributed by atoms with van der Waals surface area (Å²) in [5, 5.41) is 24.6. The van der Waals surface area contributed by atoms with Gasteiger partial charge in [0.05, 0.1) is 35.9 Å². The molecule has 3 fully saturated rings. The molecule has 3 aromatic carbocycles. The van der Waals surface area contributed by atoms with Gasteiger partial charge in [0, 0.05) is 115 Å². The van der Waals surface area contributed by atoms with Crippen LogP contribution in [0.2, 0.25) is 0 Å². The fourth-order valence-corrected chi connectivity index (χ4v) is 9.02. The second-order valence-electron chi connectivity index (χ2n) is 22.9. The van der Waals surface area contributed by atoms with E-state index in [1.807, 2.05) is 117 Å². The number of nitro groups is 2. The molecule has 3 aliphatic carbocycles. The van der Waals surface area contributed by atoms with Gasteiger partial charge in [-0.2, -0.15) is 0 Å². The summed E-state index contributed by atoms with van der Waals surface area (Å²) < 4.78 is 38.3. The lowest BCUT2D eigenvalue weighted by Crippen LogP contribution is -2.44. The average Bonchev–Trinajstić information content (AvgIpc) is 4.26. The number of anilines is 1. The van der Waals surface area contributed by atoms with Crippen LogP contribution in [0.5, 0.6) is 0 Å². The molecular weight excluding hydrogens is 952 g/mol. The maximum atomic E-state index is 12.4. The number of nitrogens with zero attached hydrogens (tertiary/aromatic N) is 7. The molecule has 0 bridgehead atoms. The van der Waals surface area contributed by atoms with Crippen LogP contribution in [0.25, 0.3) is 32.7 Å². The Bertz CT molecular complexity index is 3040. The first-order valence-corrected chi connectivity index (χ1v) is 24.7. The van der Waals surface area contributed by atoms with E-state index >= 15 is 0 Å². The lowest BCUT2D eigenvalue weighted by Gasteiger charge is -2.31. The molecule has 18 nitrogen and oxygen atoms in total. The predicted octanol–water partition coefficient (Wildman–Crippen LogP) is 12.2. The van der Waals surface area contributed by atoms with Crippen LogP contribution in [0.4, 0.5) is 31.0 Å². The van der Waals surface area contributed by atoms with Gasteiger partial charge in [-0.3, -0.25) is 29.4 Å². The Morgan fingerprint density at radius 1 is 0.608 bits per heavy atom. The van der Waals surface area contributed by atoms with Crippen molar-refractivity contribution in [2.24, 2.45) is 5.41 Å². The van der Waals surface area contributed by atoms with Gasteiger partial charge in [-0.1, -0.05) is 0 Å². The zero-order valence-corrected chi connectivity index (χ0v) is 44.6. The van der Waals surface area contributed by atoms with Gasteiger partial charge < -0.3 is 43.4 Å². The Morgan fingerprint density at radius 2 is 0.959 bits per heavy atom. The summed E-state index contributed by atoms with van der Waals surface area (Å²) in [6.45, 7) is 19.0. The Morgan fingerprint density at radius 3 is 1.30 bits per heavy atom. The van der Waals surface area contributed by atoms with E-state index in [0.717, 1.165) is 90.0 Å². The molecule has 0 radical (unpaired) electrons. The third-order valence-corrected chi connectivity index (χ3v) is 13.5. The van der Waals surface area contributed by atoms with Crippen LogP contribution in [0.15, 0.2) is 91.4 Å². The summed E-state index contributed by atoms with van der Waals surface area (Å²) in [6.07, 6.45) is 11.6. The molecule has 3 aliphatic rings. The molecule has 3 aromatic heterocycles. The molecule has 400 valence electrons. The number of alkyl halides is 1. The maximum absolute atomic E-state index is 12.4. The van der Waals surface area contributed by atoms with Crippen LogP contribution in [-0.4, -0.2) is 101 Å². The SMILES string of the molecule is CC(C)(C)OC(=O)CC1(Cn2ccc3cc([N+](=O)[O-])ccc32)CC1.CN(C(=O)OC(C)(C)C)C1(Cn2ccc3cc(N)ccc32)CC1.CN(C(=O)OC(C)(C)C)C1(Cn2ccc3cc([N+](=O)[O-])ccc32)CC1.[2H]CF. The average molecular weight is 1030 g/mol. The van der Waals surface area contributed by atoms with Gasteiger partial charge in [-0.25, -0.2) is 9.59 Å². The lowest BCUT2D eigenvalue weighted by atomic mass is 10.0. The number of carbonyl (C=O) groups excluding carboxylic acids is 3. The topological polar surface area (TPSA) is 212 Å². The fourth-order valence-electron chi connectivity index (χ4n) is 9.02. The summed E-state index contributed by atoms with van der Waals surface area (Å²) in [5.74, 6) is -0.160. The monoisotopic (exact) mass is 1030 g/mol. The minimum absolute atomic E-state index is 0.0456. The van der Waals surface area contributed by atoms with Crippen molar-refractivity contribution in [1.29, 1.82) is 0 Å². The molecule has 0 aliphatic heterocycles. The Kier molecular flexibility index (Phi) is 15.7. The van der Waals surface area contributed by atoms with Crippen molar-refractivity contribution in [3.05, 3.63) is 112 Å². The number of aromatic nitrogens is 3. The van der Waals surface area contributed by atoms with E-state index in [1.165, 1.54) is 12.1 Å². The van der Waals surface area contributed by atoms with Crippen molar-refractivity contribution < 1.29 is 44.2 Å². The van der Waals surface area contributed by atoms with Crippen molar-refractivity contribution in [2.75, 3.05) is 27.0 Å². The highest BCUT2D eigenvalue weighted by Gasteiger charge is 2.51. The summed E-state index contributed by atoms with van der Waals surface area (Å²) in [7, 11) is 2.61. The van der Waals surface area contributed by atoms with Gasteiger partial charge in [-0.15, -0.1) is 0 Å². The minimum Gasteiger partial charge on any atom is -0.460 e. The quantitative estimate of drug-likeness (QED) is 0.0400. The number of carbonyl (C=O) groups is 3. The van der Waals surface area contributed by atoms with E-state index in [1.54, 1.807) is 41.1 Å². The van der Waals surface area contributed by atoms with Gasteiger partial charge in [0.25, 0.3) is 11.4 Å². The van der Waals surface area contributed by atoms with E-state index in [4.69, 9.17) is 21.3 Å². The number of ether oxygens (including phenoxy) is 3. The van der Waals surface area contributed by atoms with Crippen molar-refractivity contribution in [3.63, 3.8) is 0 Å². The van der Waals surface area contributed by atoms with Gasteiger partial charge in [0.2, 0.25) is 0 Å². The highest BCUT2D eigenvalue weighted by atomic mass is 19.1. The molecule has 2 amide bonds. The Labute approximate surface area is 433 Å². The van der Waals surface area contributed by atoms with Crippen molar-refractivity contribution in [1.82, 2.24) is 23.5 Å². The van der Waals surface area contributed by atoms with E-state index in [0.29, 0.717) is 13.0 Å². The summed E-state index contributed by atoms with van der Waals surface area (Å²) in [5.41, 5.74) is 7.89. The number of nitro benzene ring substituents is 2. The van der Waals surface area contributed by atoms with Crippen LogP contribution in [0, 0.1) is 25.6 Å². The highest BCUT2D eigenvalue weighted by Crippen LogP contribution is 2.51. The molecule has 0 saturated heterocycles. The third kappa shape index (κ3) is 14.1. The van der Waals surface area contributed by atoms with Crippen molar-refractivity contribution >= 4 is 67.9 Å². The summed E-state index contributed by atoms with van der Waals surface area (Å²) in [4.78, 5) is 61.3. The minimum atomic E-state index is -1.00. The molecule has 19 heteroatoms. The van der Waals surface area contributed by atoms with Gasteiger partial charge in [0.15, 0.2) is 0 Å². The number of nitrogens with two attached hydrogens (primary N) is 1. The Balaban J connectivity index is 0.000000178. The molecule has 9 rings (SSSR count). The molecule has 3 heterocycles. The maximum Gasteiger partial charge on any atom is 0.410 e. The van der Waals surface area contributed by atoms with Crippen LogP contribution in [-0.2, 0) is 38.6 Å². The number of halogens is 1. The first kappa shape index (κ1) is 54.6. The zero-order valence-electron chi connectivity index (χ0n) is 45.6. The number of rotatable bonds is 12. The van der Waals surface area contributed by atoms with E-state index in [2.05, 4.69) is 21.4 Å². The molecule has 0 unspecified atom stereocenters. The largest absolute Gasteiger partial charge is 0.460 e. The first-order valence-electron chi connectivity index (χ1n) is 25.4. The first-order chi connectivity index (χ1) is 34.9. The number of hydrogen-bond donors (Lipinski definition) is 1. The van der Waals surface area contributed by atoms with Gasteiger partial charge in [-0.05, 0) is 155 Å². The van der Waals surface area contributed by atoms with Crippen LogP contribution in [0.1, 0.15) is 109 Å². The van der Waals surface area contributed by atoms with E-state index in [-0.39, 0.29) is 50.9 Å². The number of non-ortho nitro benzene ring substituents is 2. The molecule has 74 heavy (non-hydrogen) atoms. The number of nitrogen functional groups attached to an aromatic ring is 1. The highest BCUT2D eigenvalue weighted by molar-refractivity contribution is 5.85. The van der Waals surface area contributed by atoms with Crippen LogP contribution in [0.3, 0.4) is 0 Å². The Hall–Kier alpha value is -7.18. The molecule has 3 saturated carbocycles. The molecule has 6 aromatic rings. The number of fused-ring (bicyclic) bond motifs is 3. The smallest absolute Gasteiger partial charge is 0.410 e. The molecule has 2 N–H and O–H groups in total. The lowest BCUT2D eigenvalue weighted by molar-refractivity contribution is -0.384. The summed E-state index contributed by atoms with van der Waals surface area (Å²) >= 11 is 0.